The molecule has 0 spiro atoms. The van der Waals surface area contributed by atoms with Gasteiger partial charge < -0.3 is 8.83 Å². The largest absolute Gasteiger partial charge is 0.422 e. The van der Waals surface area contributed by atoms with Gasteiger partial charge in [-0.1, -0.05) is 53.6 Å². The number of aryl methyl sites for hydroxylation is 2. The molecule has 5 rings (SSSR count). The van der Waals surface area contributed by atoms with Crippen molar-refractivity contribution in [3.8, 4) is 0 Å². The average Bonchev–Trinajstić information content (AvgIpc) is 3.22. The van der Waals surface area contributed by atoms with Crippen LogP contribution in [0.5, 0.6) is 0 Å². The van der Waals surface area contributed by atoms with Gasteiger partial charge in [0.15, 0.2) is 0 Å². The molecule has 0 bridgehead atoms. The fraction of sp³-hybridized carbons (Fsp3) is 0.120. The molecule has 2 heterocycles. The van der Waals surface area contributed by atoms with Gasteiger partial charge in [-0.3, -0.25) is 10.1 Å². The number of benzene rings is 3. The molecule has 3 aromatic carbocycles. The van der Waals surface area contributed by atoms with Crippen molar-refractivity contribution in [3.63, 3.8) is 0 Å². The summed E-state index contributed by atoms with van der Waals surface area (Å²) in [6.07, 6.45) is 0.439. The molecule has 0 atom stereocenters. The molecule has 1 amide bonds. The van der Waals surface area contributed by atoms with Gasteiger partial charge in [0.25, 0.3) is 5.91 Å². The SMILES string of the molecule is Cc1ccc(Cc2nnc(NC(=O)c3cc4c(ccc5ccccc54)oc3=O)o2)cc1C. The number of nitrogens with one attached hydrogen (secondary N) is 1. The van der Waals surface area contributed by atoms with E-state index in [-0.39, 0.29) is 11.6 Å². The molecule has 0 saturated heterocycles. The van der Waals surface area contributed by atoms with E-state index in [0.717, 1.165) is 16.3 Å². The molecule has 0 unspecified atom stereocenters. The molecule has 0 aliphatic heterocycles. The van der Waals surface area contributed by atoms with Gasteiger partial charge in [0.2, 0.25) is 5.89 Å². The lowest BCUT2D eigenvalue weighted by Gasteiger charge is -2.05. The highest BCUT2D eigenvalue weighted by molar-refractivity contribution is 6.09. The summed E-state index contributed by atoms with van der Waals surface area (Å²) < 4.78 is 10.9. The Morgan fingerprint density at radius 3 is 2.59 bits per heavy atom. The Balaban J connectivity index is 1.41. The number of rotatable bonds is 4. The van der Waals surface area contributed by atoms with E-state index < -0.39 is 11.5 Å². The highest BCUT2D eigenvalue weighted by Crippen LogP contribution is 2.25. The summed E-state index contributed by atoms with van der Waals surface area (Å²) in [5.41, 5.74) is 2.94. The van der Waals surface area contributed by atoms with Crippen LogP contribution < -0.4 is 10.9 Å². The van der Waals surface area contributed by atoms with Gasteiger partial charge in [0.1, 0.15) is 11.1 Å². The van der Waals surface area contributed by atoms with Crippen molar-refractivity contribution in [1.29, 1.82) is 0 Å². The second-order valence-electron chi connectivity index (χ2n) is 7.70. The Kier molecular flexibility index (Phi) is 4.78. The molecule has 2 aromatic heterocycles. The van der Waals surface area contributed by atoms with Crippen molar-refractivity contribution in [2.24, 2.45) is 0 Å². The Morgan fingerprint density at radius 1 is 0.906 bits per heavy atom. The van der Waals surface area contributed by atoms with Gasteiger partial charge in [0.05, 0.1) is 6.42 Å². The molecule has 5 aromatic rings. The third-order valence-electron chi connectivity index (χ3n) is 5.50. The third-order valence-corrected chi connectivity index (χ3v) is 5.50. The minimum Gasteiger partial charge on any atom is -0.422 e. The number of aromatic nitrogens is 2. The van der Waals surface area contributed by atoms with Crippen molar-refractivity contribution in [1.82, 2.24) is 10.2 Å². The first-order chi connectivity index (χ1) is 15.5. The van der Waals surface area contributed by atoms with E-state index in [4.69, 9.17) is 8.83 Å². The van der Waals surface area contributed by atoms with Crippen LogP contribution in [0.3, 0.4) is 0 Å². The number of hydrogen-bond acceptors (Lipinski definition) is 6. The Hall–Kier alpha value is -4.26. The standard InChI is InChI=1S/C25H19N3O4/c1-14-7-8-16(11-15(14)2)12-22-27-28-25(32-22)26-23(29)20-13-19-18-6-4-3-5-17(18)9-10-21(19)31-24(20)30/h3-11,13H,12H2,1-2H3,(H,26,28,29). The maximum Gasteiger partial charge on any atom is 0.349 e. The number of fused-ring (bicyclic) bond motifs is 3. The zero-order valence-electron chi connectivity index (χ0n) is 17.5. The first-order valence-electron chi connectivity index (χ1n) is 10.1. The Morgan fingerprint density at radius 2 is 1.75 bits per heavy atom. The van der Waals surface area contributed by atoms with Crippen LogP contribution >= 0.6 is 0 Å². The summed E-state index contributed by atoms with van der Waals surface area (Å²) in [5, 5.41) is 12.9. The first-order valence-corrected chi connectivity index (χ1v) is 10.1. The summed E-state index contributed by atoms with van der Waals surface area (Å²) in [5.74, 6) is -0.310. The van der Waals surface area contributed by atoms with Gasteiger partial charge in [-0.05, 0) is 53.4 Å². The average molecular weight is 425 g/mol. The first kappa shape index (κ1) is 19.7. The lowest BCUT2D eigenvalue weighted by Crippen LogP contribution is -2.20. The topological polar surface area (TPSA) is 98.2 Å². The smallest absolute Gasteiger partial charge is 0.349 e. The number of amides is 1. The molecule has 7 nitrogen and oxygen atoms in total. The molecule has 0 saturated carbocycles. The van der Waals surface area contributed by atoms with Crippen molar-refractivity contribution in [2.45, 2.75) is 20.3 Å². The maximum absolute atomic E-state index is 12.8. The van der Waals surface area contributed by atoms with Crippen LogP contribution in [0, 0.1) is 13.8 Å². The van der Waals surface area contributed by atoms with Crippen LogP contribution in [0.2, 0.25) is 0 Å². The number of nitrogens with zero attached hydrogens (tertiary/aromatic N) is 2. The van der Waals surface area contributed by atoms with E-state index in [9.17, 15) is 9.59 Å². The van der Waals surface area contributed by atoms with Crippen molar-refractivity contribution >= 4 is 33.7 Å². The van der Waals surface area contributed by atoms with Crippen LogP contribution in [-0.2, 0) is 6.42 Å². The summed E-state index contributed by atoms with van der Waals surface area (Å²) in [6, 6.07) is 18.8. The Bertz CT molecular complexity index is 1550. The molecule has 32 heavy (non-hydrogen) atoms. The Labute approximate surface area is 182 Å². The molecule has 0 fully saturated rings. The molecule has 0 aliphatic carbocycles. The molecule has 158 valence electrons. The van der Waals surface area contributed by atoms with E-state index in [2.05, 4.69) is 21.6 Å². The van der Waals surface area contributed by atoms with Crippen LogP contribution in [0.15, 0.2) is 74.3 Å². The molecular weight excluding hydrogens is 406 g/mol. The van der Waals surface area contributed by atoms with Gasteiger partial charge in [-0.15, -0.1) is 5.10 Å². The van der Waals surface area contributed by atoms with Gasteiger partial charge in [-0.25, -0.2) is 4.79 Å². The summed E-state index contributed by atoms with van der Waals surface area (Å²) in [6.45, 7) is 4.09. The van der Waals surface area contributed by atoms with Gasteiger partial charge in [0, 0.05) is 5.39 Å². The second kappa shape index (κ2) is 7.77. The summed E-state index contributed by atoms with van der Waals surface area (Å²) in [7, 11) is 0. The summed E-state index contributed by atoms with van der Waals surface area (Å²) in [4.78, 5) is 25.2. The fourth-order valence-corrected chi connectivity index (χ4v) is 3.66. The summed E-state index contributed by atoms with van der Waals surface area (Å²) >= 11 is 0. The minimum atomic E-state index is -0.736. The van der Waals surface area contributed by atoms with E-state index in [1.807, 2.05) is 56.3 Å². The minimum absolute atomic E-state index is 0.0775. The van der Waals surface area contributed by atoms with Gasteiger partial charge in [-0.2, -0.15) is 0 Å². The van der Waals surface area contributed by atoms with Crippen molar-refractivity contribution in [3.05, 3.63) is 99.2 Å². The number of hydrogen-bond donors (Lipinski definition) is 1. The highest BCUT2D eigenvalue weighted by Gasteiger charge is 2.18. The van der Waals surface area contributed by atoms with Crippen molar-refractivity contribution < 1.29 is 13.6 Å². The number of carbonyl (C=O) groups is 1. The normalized spacial score (nSPS) is 11.2. The lowest BCUT2D eigenvalue weighted by molar-refractivity contribution is 0.102. The zero-order valence-corrected chi connectivity index (χ0v) is 17.5. The fourth-order valence-electron chi connectivity index (χ4n) is 3.66. The monoisotopic (exact) mass is 425 g/mol. The maximum atomic E-state index is 12.8. The number of anilines is 1. The molecule has 7 heteroatoms. The highest BCUT2D eigenvalue weighted by atomic mass is 16.4. The number of carbonyl (C=O) groups excluding carboxylic acids is 1. The quantitative estimate of drug-likeness (QED) is 0.328. The molecule has 1 N–H and O–H groups in total. The van der Waals surface area contributed by atoms with Gasteiger partial charge >= 0.3 is 11.6 Å². The van der Waals surface area contributed by atoms with E-state index in [1.165, 1.54) is 17.2 Å². The van der Waals surface area contributed by atoms with Crippen LogP contribution in [0.25, 0.3) is 21.7 Å². The zero-order chi connectivity index (χ0) is 22.2. The lowest BCUT2D eigenvalue weighted by atomic mass is 10.0. The van der Waals surface area contributed by atoms with E-state index in [0.29, 0.717) is 23.3 Å². The van der Waals surface area contributed by atoms with Crippen molar-refractivity contribution in [2.75, 3.05) is 5.32 Å². The van der Waals surface area contributed by atoms with E-state index in [1.54, 1.807) is 6.07 Å². The second-order valence-corrected chi connectivity index (χ2v) is 7.70. The van der Waals surface area contributed by atoms with Crippen LogP contribution in [0.4, 0.5) is 6.01 Å². The molecule has 0 radical (unpaired) electrons. The molecule has 0 aliphatic rings. The van der Waals surface area contributed by atoms with E-state index >= 15 is 0 Å². The molecular formula is C25H19N3O4. The van der Waals surface area contributed by atoms with Crippen LogP contribution in [0.1, 0.15) is 32.9 Å². The third kappa shape index (κ3) is 3.65. The van der Waals surface area contributed by atoms with Crippen LogP contribution in [-0.4, -0.2) is 16.1 Å². The predicted molar refractivity (Wildman–Crippen MR) is 121 cm³/mol. The predicted octanol–water partition coefficient (Wildman–Crippen LogP) is 4.79.